The lowest BCUT2D eigenvalue weighted by molar-refractivity contribution is -0.133. The molecular formula is C15H30N2O. The van der Waals surface area contributed by atoms with Gasteiger partial charge in [-0.25, -0.2) is 0 Å². The maximum Gasteiger partial charge on any atom is 0.222 e. The quantitative estimate of drug-likeness (QED) is 0.792. The van der Waals surface area contributed by atoms with E-state index in [2.05, 4.69) is 13.8 Å². The Balaban J connectivity index is 2.50. The summed E-state index contributed by atoms with van der Waals surface area (Å²) in [6, 6.07) is 0. The van der Waals surface area contributed by atoms with Crippen LogP contribution in [0.5, 0.6) is 0 Å². The van der Waals surface area contributed by atoms with Crippen molar-refractivity contribution in [2.45, 2.75) is 58.8 Å². The highest BCUT2D eigenvalue weighted by molar-refractivity contribution is 5.76. The number of hydrogen-bond donors (Lipinski definition) is 1. The summed E-state index contributed by atoms with van der Waals surface area (Å²) in [7, 11) is 1.93. The van der Waals surface area contributed by atoms with Crippen LogP contribution in [0.3, 0.4) is 0 Å². The molecule has 0 radical (unpaired) electrons. The first kappa shape index (κ1) is 15.5. The summed E-state index contributed by atoms with van der Waals surface area (Å²) in [5.74, 6) is 0.863. The summed E-state index contributed by atoms with van der Waals surface area (Å²) in [5, 5.41) is 0. The van der Waals surface area contributed by atoms with Crippen LogP contribution < -0.4 is 5.73 Å². The lowest BCUT2D eigenvalue weighted by Gasteiger charge is -2.37. The van der Waals surface area contributed by atoms with Gasteiger partial charge in [0, 0.05) is 20.0 Å². The summed E-state index contributed by atoms with van der Waals surface area (Å²) in [4.78, 5) is 14.2. The van der Waals surface area contributed by atoms with Crippen LogP contribution >= 0.6 is 0 Å². The van der Waals surface area contributed by atoms with Crippen LogP contribution in [-0.2, 0) is 4.79 Å². The van der Waals surface area contributed by atoms with Crippen molar-refractivity contribution in [3.63, 3.8) is 0 Å². The molecule has 1 amide bonds. The van der Waals surface area contributed by atoms with Gasteiger partial charge in [0.2, 0.25) is 5.91 Å². The molecule has 0 aliphatic heterocycles. The van der Waals surface area contributed by atoms with Gasteiger partial charge in [-0.3, -0.25) is 4.79 Å². The second kappa shape index (κ2) is 7.13. The van der Waals surface area contributed by atoms with Gasteiger partial charge in [-0.1, -0.05) is 39.5 Å². The minimum Gasteiger partial charge on any atom is -0.345 e. The molecular weight excluding hydrogens is 224 g/mol. The van der Waals surface area contributed by atoms with Crippen LogP contribution in [0.2, 0.25) is 0 Å². The molecule has 1 rings (SSSR count). The van der Waals surface area contributed by atoms with E-state index in [1.807, 2.05) is 11.9 Å². The maximum absolute atomic E-state index is 12.3. The van der Waals surface area contributed by atoms with Crippen LogP contribution in [0.4, 0.5) is 0 Å². The number of rotatable bonds is 6. The molecule has 106 valence electrons. The molecule has 0 bridgehead atoms. The number of nitrogens with two attached hydrogens (primary N) is 1. The fourth-order valence-corrected chi connectivity index (χ4v) is 2.91. The lowest BCUT2D eigenvalue weighted by atomic mass is 9.71. The predicted molar refractivity (Wildman–Crippen MR) is 76.3 cm³/mol. The van der Waals surface area contributed by atoms with Crippen molar-refractivity contribution in [2.75, 3.05) is 20.1 Å². The fraction of sp³-hybridized carbons (Fsp3) is 0.933. The number of hydrogen-bond acceptors (Lipinski definition) is 2. The fourth-order valence-electron chi connectivity index (χ4n) is 2.91. The zero-order valence-corrected chi connectivity index (χ0v) is 12.4. The van der Waals surface area contributed by atoms with E-state index in [9.17, 15) is 4.79 Å². The highest BCUT2D eigenvalue weighted by Gasteiger charge is 2.33. The first-order valence-corrected chi connectivity index (χ1v) is 7.47. The number of carbonyl (C=O) groups is 1. The molecule has 18 heavy (non-hydrogen) atoms. The highest BCUT2D eigenvalue weighted by atomic mass is 16.2. The van der Waals surface area contributed by atoms with Crippen LogP contribution in [0.1, 0.15) is 58.8 Å². The van der Waals surface area contributed by atoms with Crippen LogP contribution in [-0.4, -0.2) is 30.9 Å². The van der Waals surface area contributed by atoms with Gasteiger partial charge in [0.1, 0.15) is 0 Å². The Morgan fingerprint density at radius 3 is 2.44 bits per heavy atom. The largest absolute Gasteiger partial charge is 0.345 e. The van der Waals surface area contributed by atoms with Gasteiger partial charge in [-0.15, -0.1) is 0 Å². The monoisotopic (exact) mass is 254 g/mol. The van der Waals surface area contributed by atoms with E-state index in [1.54, 1.807) is 0 Å². The summed E-state index contributed by atoms with van der Waals surface area (Å²) in [6.45, 7) is 5.90. The summed E-state index contributed by atoms with van der Waals surface area (Å²) in [5.41, 5.74) is 6.04. The Labute approximate surface area is 112 Å². The molecule has 0 aromatic rings. The molecule has 1 aliphatic carbocycles. The molecule has 2 N–H and O–H groups in total. The van der Waals surface area contributed by atoms with E-state index in [1.165, 1.54) is 19.3 Å². The van der Waals surface area contributed by atoms with Crippen LogP contribution in [0, 0.1) is 11.3 Å². The highest BCUT2D eigenvalue weighted by Crippen LogP contribution is 2.38. The van der Waals surface area contributed by atoms with E-state index in [-0.39, 0.29) is 11.3 Å². The molecule has 1 unspecified atom stereocenters. The van der Waals surface area contributed by atoms with Crippen molar-refractivity contribution >= 4 is 5.91 Å². The van der Waals surface area contributed by atoms with Crippen molar-refractivity contribution < 1.29 is 4.79 Å². The lowest BCUT2D eigenvalue weighted by Crippen LogP contribution is -2.40. The van der Waals surface area contributed by atoms with E-state index in [4.69, 9.17) is 5.73 Å². The Morgan fingerprint density at radius 1 is 1.33 bits per heavy atom. The van der Waals surface area contributed by atoms with Gasteiger partial charge in [0.25, 0.3) is 0 Å². The van der Waals surface area contributed by atoms with Crippen molar-refractivity contribution in [2.24, 2.45) is 17.1 Å². The van der Waals surface area contributed by atoms with Crippen molar-refractivity contribution in [1.82, 2.24) is 4.90 Å². The summed E-state index contributed by atoms with van der Waals surface area (Å²) in [6.07, 6.45) is 7.81. The van der Waals surface area contributed by atoms with Gasteiger partial charge in [-0.05, 0) is 30.7 Å². The average molecular weight is 254 g/mol. The predicted octanol–water partition coefficient (Wildman–Crippen LogP) is 2.79. The molecule has 0 aromatic heterocycles. The van der Waals surface area contributed by atoms with E-state index >= 15 is 0 Å². The average Bonchev–Trinajstić information content (AvgIpc) is 2.39. The molecule has 1 aliphatic rings. The zero-order chi connectivity index (χ0) is 13.6. The second-order valence-corrected chi connectivity index (χ2v) is 6.23. The molecule has 3 nitrogen and oxygen atoms in total. The number of carbonyl (C=O) groups excluding carboxylic acids is 1. The first-order valence-electron chi connectivity index (χ1n) is 7.47. The topological polar surface area (TPSA) is 46.3 Å². The van der Waals surface area contributed by atoms with E-state index in [0.717, 1.165) is 25.8 Å². The smallest absolute Gasteiger partial charge is 0.222 e. The molecule has 1 fully saturated rings. The second-order valence-electron chi connectivity index (χ2n) is 6.23. The third-order valence-corrected chi connectivity index (χ3v) is 4.58. The van der Waals surface area contributed by atoms with E-state index < -0.39 is 0 Å². The molecule has 0 spiro atoms. The van der Waals surface area contributed by atoms with E-state index in [0.29, 0.717) is 18.9 Å². The Kier molecular flexibility index (Phi) is 6.13. The van der Waals surface area contributed by atoms with Gasteiger partial charge in [0.15, 0.2) is 0 Å². The normalized spacial score (nSPS) is 20.4. The van der Waals surface area contributed by atoms with Crippen LogP contribution in [0.25, 0.3) is 0 Å². The molecule has 3 heteroatoms. The van der Waals surface area contributed by atoms with Crippen molar-refractivity contribution in [3.8, 4) is 0 Å². The maximum atomic E-state index is 12.3. The third kappa shape index (κ3) is 4.27. The molecule has 0 saturated heterocycles. The summed E-state index contributed by atoms with van der Waals surface area (Å²) < 4.78 is 0. The van der Waals surface area contributed by atoms with Gasteiger partial charge < -0.3 is 10.6 Å². The van der Waals surface area contributed by atoms with Crippen LogP contribution in [0.15, 0.2) is 0 Å². The van der Waals surface area contributed by atoms with Crippen molar-refractivity contribution in [3.05, 3.63) is 0 Å². The Bertz CT molecular complexity index is 259. The van der Waals surface area contributed by atoms with Gasteiger partial charge >= 0.3 is 0 Å². The molecule has 1 atom stereocenters. The Morgan fingerprint density at radius 2 is 1.94 bits per heavy atom. The number of amides is 1. The molecule has 1 saturated carbocycles. The standard InChI is InChI=1S/C15H30N2O/c1-4-13(2)11-17(3)14(18)10-15(12-16)8-6-5-7-9-15/h13H,4-12,16H2,1-3H3. The summed E-state index contributed by atoms with van der Waals surface area (Å²) >= 11 is 0. The zero-order valence-electron chi connectivity index (χ0n) is 12.4. The molecule has 0 aromatic carbocycles. The van der Waals surface area contributed by atoms with Gasteiger partial charge in [-0.2, -0.15) is 0 Å². The third-order valence-electron chi connectivity index (χ3n) is 4.58. The van der Waals surface area contributed by atoms with Crippen molar-refractivity contribution in [1.29, 1.82) is 0 Å². The number of nitrogens with zero attached hydrogens (tertiary/aromatic N) is 1. The minimum absolute atomic E-state index is 0.0963. The van der Waals surface area contributed by atoms with Gasteiger partial charge in [0.05, 0.1) is 0 Å². The first-order chi connectivity index (χ1) is 8.53. The minimum atomic E-state index is 0.0963. The Hall–Kier alpha value is -0.570. The SMILES string of the molecule is CCC(C)CN(C)C(=O)CC1(CN)CCCCC1. The molecule has 0 heterocycles.